The van der Waals surface area contributed by atoms with Crippen molar-refractivity contribution in [3.8, 4) is 11.5 Å². The van der Waals surface area contributed by atoms with Crippen molar-refractivity contribution in [2.24, 2.45) is 5.10 Å². The number of hydrogen-bond acceptors (Lipinski definition) is 5. The number of aromatic hydroxyl groups is 1. The highest BCUT2D eigenvalue weighted by Gasteiger charge is 2.09. The molecule has 0 aliphatic rings. The number of rotatable bonds is 5. The van der Waals surface area contributed by atoms with Crippen molar-refractivity contribution in [2.45, 2.75) is 6.92 Å². The third-order valence-corrected chi connectivity index (χ3v) is 3.14. The maximum absolute atomic E-state index is 11.8. The van der Waals surface area contributed by atoms with Crippen LogP contribution in [-0.4, -0.2) is 28.8 Å². The lowest BCUT2D eigenvalue weighted by atomic mass is 10.2. The molecule has 0 saturated carbocycles. The number of phenolic OH excluding ortho intramolecular Hbond substituents is 1. The molecule has 0 atom stereocenters. The van der Waals surface area contributed by atoms with Crippen LogP contribution < -0.4 is 10.2 Å². The van der Waals surface area contributed by atoms with E-state index in [0.717, 1.165) is 4.47 Å². The summed E-state index contributed by atoms with van der Waals surface area (Å²) < 4.78 is 6.05. The van der Waals surface area contributed by atoms with E-state index < -0.39 is 0 Å². The number of pyridine rings is 1. The lowest BCUT2D eigenvalue weighted by Gasteiger charge is -2.08. The van der Waals surface area contributed by atoms with E-state index in [1.54, 1.807) is 24.3 Å². The van der Waals surface area contributed by atoms with E-state index in [1.165, 1.54) is 18.6 Å². The van der Waals surface area contributed by atoms with Crippen LogP contribution in [0.25, 0.3) is 0 Å². The highest BCUT2D eigenvalue weighted by molar-refractivity contribution is 9.10. The molecule has 1 aromatic heterocycles. The molecule has 22 heavy (non-hydrogen) atoms. The fraction of sp³-hybridized carbons (Fsp3) is 0.133. The topological polar surface area (TPSA) is 83.8 Å². The molecule has 0 aliphatic carbocycles. The Morgan fingerprint density at radius 2 is 2.18 bits per heavy atom. The second kappa shape index (κ2) is 7.56. The molecule has 6 nitrogen and oxygen atoms in total. The van der Waals surface area contributed by atoms with Gasteiger partial charge >= 0.3 is 0 Å². The van der Waals surface area contributed by atoms with Crippen molar-refractivity contribution < 1.29 is 14.6 Å². The number of carbonyl (C=O) groups excluding carboxylic acids is 1. The van der Waals surface area contributed by atoms with Crippen LogP contribution in [0, 0.1) is 0 Å². The first-order valence-electron chi connectivity index (χ1n) is 6.50. The van der Waals surface area contributed by atoms with Gasteiger partial charge in [0.05, 0.1) is 12.8 Å². The number of nitrogens with zero attached hydrogens (tertiary/aromatic N) is 2. The predicted molar refractivity (Wildman–Crippen MR) is 86.3 cm³/mol. The first kappa shape index (κ1) is 16.0. The van der Waals surface area contributed by atoms with E-state index >= 15 is 0 Å². The number of hydrogen-bond donors (Lipinski definition) is 2. The van der Waals surface area contributed by atoms with E-state index in [2.05, 4.69) is 31.4 Å². The number of nitrogens with one attached hydrogen (secondary N) is 1. The standard InChI is InChI=1S/C15H14BrN3O3/c1-2-22-13-8-12(16)7-11(14(13)20)9-18-19-15(21)10-3-5-17-6-4-10/h3-9,20H,2H2,1H3,(H,19,21)/b18-9-. The summed E-state index contributed by atoms with van der Waals surface area (Å²) in [7, 11) is 0. The van der Waals surface area contributed by atoms with Gasteiger partial charge in [0.2, 0.25) is 0 Å². The zero-order valence-corrected chi connectivity index (χ0v) is 13.4. The number of hydrazone groups is 1. The lowest BCUT2D eigenvalue weighted by Crippen LogP contribution is -2.17. The maximum Gasteiger partial charge on any atom is 0.271 e. The smallest absolute Gasteiger partial charge is 0.271 e. The third kappa shape index (κ3) is 4.05. The molecule has 0 unspecified atom stereocenters. The molecule has 7 heteroatoms. The van der Waals surface area contributed by atoms with Gasteiger partial charge in [-0.1, -0.05) is 15.9 Å². The molecule has 1 aromatic carbocycles. The maximum atomic E-state index is 11.8. The molecule has 0 fully saturated rings. The van der Waals surface area contributed by atoms with Crippen molar-refractivity contribution in [2.75, 3.05) is 6.61 Å². The molecule has 0 radical (unpaired) electrons. The molecule has 2 rings (SSSR count). The first-order chi connectivity index (χ1) is 10.6. The van der Waals surface area contributed by atoms with Gasteiger partial charge in [-0.05, 0) is 31.2 Å². The molecular weight excluding hydrogens is 350 g/mol. The zero-order chi connectivity index (χ0) is 15.9. The summed E-state index contributed by atoms with van der Waals surface area (Å²) in [5.74, 6) is -0.0519. The Morgan fingerprint density at radius 1 is 1.45 bits per heavy atom. The molecule has 1 heterocycles. The summed E-state index contributed by atoms with van der Waals surface area (Å²) in [5, 5.41) is 13.9. The molecule has 0 bridgehead atoms. The monoisotopic (exact) mass is 363 g/mol. The molecular formula is C15H14BrN3O3. The summed E-state index contributed by atoms with van der Waals surface area (Å²) in [4.78, 5) is 15.6. The van der Waals surface area contributed by atoms with Crippen molar-refractivity contribution in [3.05, 3.63) is 52.3 Å². The van der Waals surface area contributed by atoms with E-state index in [4.69, 9.17) is 4.74 Å². The average Bonchev–Trinajstić information content (AvgIpc) is 2.52. The van der Waals surface area contributed by atoms with Gasteiger partial charge in [0.25, 0.3) is 5.91 Å². The SMILES string of the molecule is CCOc1cc(Br)cc(/C=N\NC(=O)c2ccncc2)c1O. The largest absolute Gasteiger partial charge is 0.504 e. The Balaban J connectivity index is 2.12. The summed E-state index contributed by atoms with van der Waals surface area (Å²) in [6.07, 6.45) is 4.39. The first-order valence-corrected chi connectivity index (χ1v) is 7.30. The van der Waals surface area contributed by atoms with Gasteiger partial charge in [-0.2, -0.15) is 5.10 Å². The van der Waals surface area contributed by atoms with Crippen LogP contribution in [0.1, 0.15) is 22.8 Å². The van der Waals surface area contributed by atoms with Crippen molar-refractivity contribution >= 4 is 28.1 Å². The Labute approximate surface area is 136 Å². The molecule has 0 saturated heterocycles. The van der Waals surface area contributed by atoms with Gasteiger partial charge in [-0.25, -0.2) is 5.43 Å². The number of ether oxygens (including phenoxy) is 1. The number of benzene rings is 1. The molecule has 0 spiro atoms. The van der Waals surface area contributed by atoms with Gasteiger partial charge in [0, 0.05) is 28.0 Å². The summed E-state index contributed by atoms with van der Waals surface area (Å²) >= 11 is 3.33. The minimum Gasteiger partial charge on any atom is -0.504 e. The summed E-state index contributed by atoms with van der Waals surface area (Å²) in [5.41, 5.74) is 3.25. The van der Waals surface area contributed by atoms with Crippen molar-refractivity contribution in [1.82, 2.24) is 10.4 Å². The molecule has 114 valence electrons. The van der Waals surface area contributed by atoms with E-state index in [-0.39, 0.29) is 11.7 Å². The van der Waals surface area contributed by atoms with Crippen LogP contribution in [0.4, 0.5) is 0 Å². The summed E-state index contributed by atoms with van der Waals surface area (Å²) in [6.45, 7) is 2.25. The minimum atomic E-state index is -0.363. The highest BCUT2D eigenvalue weighted by Crippen LogP contribution is 2.32. The van der Waals surface area contributed by atoms with E-state index in [0.29, 0.717) is 23.5 Å². The third-order valence-electron chi connectivity index (χ3n) is 2.68. The Hall–Kier alpha value is -2.41. The number of phenols is 1. The van der Waals surface area contributed by atoms with E-state index in [1.807, 2.05) is 6.92 Å². The average molecular weight is 364 g/mol. The van der Waals surface area contributed by atoms with Gasteiger partial charge in [-0.3, -0.25) is 9.78 Å². The molecule has 2 aromatic rings. The Kier molecular flexibility index (Phi) is 5.48. The molecule has 2 N–H and O–H groups in total. The van der Waals surface area contributed by atoms with E-state index in [9.17, 15) is 9.90 Å². The number of carbonyl (C=O) groups is 1. The van der Waals surface area contributed by atoms with Crippen molar-refractivity contribution in [3.63, 3.8) is 0 Å². The van der Waals surface area contributed by atoms with Gasteiger partial charge < -0.3 is 9.84 Å². The molecule has 0 aliphatic heterocycles. The van der Waals surface area contributed by atoms with Crippen LogP contribution >= 0.6 is 15.9 Å². The second-order valence-electron chi connectivity index (χ2n) is 4.21. The van der Waals surface area contributed by atoms with Gasteiger partial charge in [0.15, 0.2) is 11.5 Å². The van der Waals surface area contributed by atoms with Gasteiger partial charge in [0.1, 0.15) is 0 Å². The second-order valence-corrected chi connectivity index (χ2v) is 5.13. The minimum absolute atomic E-state index is 0.0352. The van der Waals surface area contributed by atoms with Crippen LogP contribution in [0.2, 0.25) is 0 Å². The van der Waals surface area contributed by atoms with Crippen LogP contribution in [0.15, 0.2) is 46.2 Å². The normalized spacial score (nSPS) is 10.6. The molecule has 1 amide bonds. The van der Waals surface area contributed by atoms with Crippen LogP contribution in [0.3, 0.4) is 0 Å². The van der Waals surface area contributed by atoms with Gasteiger partial charge in [-0.15, -0.1) is 0 Å². The highest BCUT2D eigenvalue weighted by atomic mass is 79.9. The number of halogens is 1. The fourth-order valence-electron chi connectivity index (χ4n) is 1.69. The predicted octanol–water partition coefficient (Wildman–Crippen LogP) is 2.71. The summed E-state index contributed by atoms with van der Waals surface area (Å²) in [6, 6.07) is 6.48. The fourth-order valence-corrected chi connectivity index (χ4v) is 2.14. The lowest BCUT2D eigenvalue weighted by molar-refractivity contribution is 0.0955. The van der Waals surface area contributed by atoms with Crippen molar-refractivity contribution in [1.29, 1.82) is 0 Å². The quantitative estimate of drug-likeness (QED) is 0.631. The van der Waals surface area contributed by atoms with Crippen LogP contribution in [-0.2, 0) is 0 Å². The number of amides is 1. The Bertz CT molecular complexity index is 690. The Morgan fingerprint density at radius 3 is 2.86 bits per heavy atom. The zero-order valence-electron chi connectivity index (χ0n) is 11.8. The van der Waals surface area contributed by atoms with Crippen LogP contribution in [0.5, 0.6) is 11.5 Å². The number of aromatic nitrogens is 1.